The minimum atomic E-state index is -0.274. The molecule has 1 aliphatic carbocycles. The SMILES string of the molecule is CCC(C)CC(C)CC(CC(C)CCC(C)C)NC(=O)OCC1c2ccccc2-c2ccccc21. The van der Waals surface area contributed by atoms with Crippen LogP contribution in [-0.2, 0) is 4.74 Å². The van der Waals surface area contributed by atoms with Gasteiger partial charge in [0.2, 0.25) is 0 Å². The van der Waals surface area contributed by atoms with Crippen molar-refractivity contribution in [1.29, 1.82) is 0 Å². The van der Waals surface area contributed by atoms with Gasteiger partial charge in [-0.1, -0.05) is 109 Å². The Balaban J connectivity index is 1.62. The molecule has 0 radical (unpaired) electrons. The van der Waals surface area contributed by atoms with Crippen molar-refractivity contribution in [3.63, 3.8) is 0 Å². The van der Waals surface area contributed by atoms with E-state index in [0.29, 0.717) is 18.4 Å². The highest BCUT2D eigenvalue weighted by Crippen LogP contribution is 2.44. The quantitative estimate of drug-likeness (QED) is 0.313. The van der Waals surface area contributed by atoms with Crippen LogP contribution in [0.25, 0.3) is 11.1 Å². The Morgan fingerprint density at radius 3 is 1.94 bits per heavy atom. The molecule has 1 N–H and O–H groups in total. The Morgan fingerprint density at radius 1 is 0.800 bits per heavy atom. The van der Waals surface area contributed by atoms with Crippen LogP contribution in [0.5, 0.6) is 0 Å². The van der Waals surface area contributed by atoms with E-state index in [9.17, 15) is 4.79 Å². The fourth-order valence-electron chi connectivity index (χ4n) is 5.68. The summed E-state index contributed by atoms with van der Waals surface area (Å²) < 4.78 is 5.88. The fraction of sp³-hybridized carbons (Fsp3) is 0.594. The number of benzene rings is 2. The Bertz CT molecular complexity index is 891. The summed E-state index contributed by atoms with van der Waals surface area (Å²) in [6.45, 7) is 14.2. The molecule has 3 heteroatoms. The summed E-state index contributed by atoms with van der Waals surface area (Å²) in [7, 11) is 0. The summed E-state index contributed by atoms with van der Waals surface area (Å²) in [6.07, 6.45) is 6.62. The number of rotatable bonds is 13. The normalized spacial score (nSPS) is 16.3. The molecule has 0 saturated heterocycles. The lowest BCUT2D eigenvalue weighted by molar-refractivity contribution is 0.135. The summed E-state index contributed by atoms with van der Waals surface area (Å²) in [5, 5.41) is 3.27. The van der Waals surface area contributed by atoms with E-state index < -0.39 is 0 Å². The maximum atomic E-state index is 13.0. The van der Waals surface area contributed by atoms with E-state index in [0.717, 1.165) is 24.7 Å². The molecule has 0 heterocycles. The molecule has 4 atom stereocenters. The number of carbonyl (C=O) groups is 1. The van der Waals surface area contributed by atoms with Gasteiger partial charge in [-0.25, -0.2) is 4.79 Å². The third-order valence-corrected chi connectivity index (χ3v) is 7.78. The van der Waals surface area contributed by atoms with Gasteiger partial charge < -0.3 is 10.1 Å². The minimum absolute atomic E-state index is 0.0980. The molecule has 3 nitrogen and oxygen atoms in total. The number of hydrogen-bond donors (Lipinski definition) is 1. The second-order valence-corrected chi connectivity index (χ2v) is 11.6. The highest BCUT2D eigenvalue weighted by Gasteiger charge is 2.29. The molecule has 1 aliphatic rings. The molecule has 3 rings (SSSR count). The highest BCUT2D eigenvalue weighted by molar-refractivity contribution is 5.79. The van der Waals surface area contributed by atoms with E-state index in [-0.39, 0.29) is 18.1 Å². The number of alkyl carbamates (subject to hydrolysis) is 1. The van der Waals surface area contributed by atoms with Crippen LogP contribution in [-0.4, -0.2) is 18.7 Å². The summed E-state index contributed by atoms with van der Waals surface area (Å²) >= 11 is 0. The average molecular weight is 478 g/mol. The number of hydrogen-bond acceptors (Lipinski definition) is 2. The van der Waals surface area contributed by atoms with Crippen LogP contribution in [0.1, 0.15) is 97.1 Å². The van der Waals surface area contributed by atoms with Crippen molar-refractivity contribution in [2.75, 3.05) is 6.61 Å². The monoisotopic (exact) mass is 477 g/mol. The van der Waals surface area contributed by atoms with Crippen molar-refractivity contribution in [3.8, 4) is 11.1 Å². The lowest BCUT2D eigenvalue weighted by atomic mass is 9.86. The Morgan fingerprint density at radius 2 is 1.37 bits per heavy atom. The van der Waals surface area contributed by atoms with Crippen LogP contribution in [0.2, 0.25) is 0 Å². The molecule has 0 saturated carbocycles. The topological polar surface area (TPSA) is 38.3 Å². The average Bonchev–Trinajstić information content (AvgIpc) is 3.15. The number of fused-ring (bicyclic) bond motifs is 3. The van der Waals surface area contributed by atoms with Crippen LogP contribution in [0.15, 0.2) is 48.5 Å². The summed E-state index contributed by atoms with van der Waals surface area (Å²) in [6, 6.07) is 17.1. The van der Waals surface area contributed by atoms with E-state index in [1.807, 2.05) is 0 Å². The highest BCUT2D eigenvalue weighted by atomic mass is 16.5. The van der Waals surface area contributed by atoms with Gasteiger partial charge in [0.1, 0.15) is 6.61 Å². The zero-order chi connectivity index (χ0) is 25.4. The molecule has 35 heavy (non-hydrogen) atoms. The van der Waals surface area contributed by atoms with Crippen LogP contribution >= 0.6 is 0 Å². The van der Waals surface area contributed by atoms with Crippen molar-refractivity contribution >= 4 is 6.09 Å². The lowest BCUT2D eigenvalue weighted by Gasteiger charge is -2.26. The van der Waals surface area contributed by atoms with E-state index in [1.54, 1.807) is 0 Å². The molecular weight excluding hydrogens is 430 g/mol. The largest absolute Gasteiger partial charge is 0.449 e. The summed E-state index contributed by atoms with van der Waals surface area (Å²) in [5.74, 6) is 2.71. The predicted octanol–water partition coefficient (Wildman–Crippen LogP) is 8.82. The van der Waals surface area contributed by atoms with Crippen molar-refractivity contribution in [3.05, 3.63) is 59.7 Å². The third-order valence-electron chi connectivity index (χ3n) is 7.78. The van der Waals surface area contributed by atoms with E-state index >= 15 is 0 Å². The Kier molecular flexibility index (Phi) is 10.2. The van der Waals surface area contributed by atoms with Gasteiger partial charge in [-0.05, 0) is 65.2 Å². The zero-order valence-electron chi connectivity index (χ0n) is 22.8. The van der Waals surface area contributed by atoms with Gasteiger partial charge in [0.25, 0.3) is 0 Å². The maximum Gasteiger partial charge on any atom is 0.407 e. The fourth-order valence-corrected chi connectivity index (χ4v) is 5.68. The molecule has 4 unspecified atom stereocenters. The molecule has 0 aromatic heterocycles. The van der Waals surface area contributed by atoms with Crippen LogP contribution < -0.4 is 5.32 Å². The second-order valence-electron chi connectivity index (χ2n) is 11.6. The van der Waals surface area contributed by atoms with Gasteiger partial charge in [0.15, 0.2) is 0 Å². The molecule has 2 aromatic carbocycles. The number of ether oxygens (including phenoxy) is 1. The van der Waals surface area contributed by atoms with Crippen LogP contribution in [0.4, 0.5) is 4.79 Å². The molecular formula is C32H47NO2. The van der Waals surface area contributed by atoms with Gasteiger partial charge in [0.05, 0.1) is 0 Å². The first kappa shape index (κ1) is 27.3. The molecule has 0 spiro atoms. The van der Waals surface area contributed by atoms with Gasteiger partial charge in [0, 0.05) is 12.0 Å². The number of amides is 1. The number of carbonyl (C=O) groups excluding carboxylic acids is 1. The standard InChI is InChI=1S/C32H47NO2/c1-7-23(4)18-25(6)20-26(19-24(5)17-16-22(2)3)33-32(34)35-21-31-29-14-10-8-12-27(29)28-13-9-11-15-30(28)31/h8-15,22-26,31H,7,16-21H2,1-6H3,(H,33,34). The van der Waals surface area contributed by atoms with Crippen molar-refractivity contribution in [2.24, 2.45) is 23.7 Å². The van der Waals surface area contributed by atoms with Gasteiger partial charge in [-0.15, -0.1) is 0 Å². The molecule has 2 aromatic rings. The van der Waals surface area contributed by atoms with Crippen molar-refractivity contribution in [2.45, 2.75) is 92.0 Å². The predicted molar refractivity (Wildman–Crippen MR) is 148 cm³/mol. The first-order valence-electron chi connectivity index (χ1n) is 13.9. The molecule has 192 valence electrons. The Labute approximate surface area is 214 Å². The van der Waals surface area contributed by atoms with Gasteiger partial charge in [-0.3, -0.25) is 0 Å². The number of nitrogens with one attached hydrogen (secondary N) is 1. The zero-order valence-corrected chi connectivity index (χ0v) is 22.8. The van der Waals surface area contributed by atoms with Gasteiger partial charge in [-0.2, -0.15) is 0 Å². The first-order chi connectivity index (χ1) is 16.8. The van der Waals surface area contributed by atoms with Crippen molar-refractivity contribution < 1.29 is 9.53 Å². The van der Waals surface area contributed by atoms with E-state index in [2.05, 4.69) is 95.4 Å². The van der Waals surface area contributed by atoms with Gasteiger partial charge >= 0.3 is 6.09 Å². The lowest BCUT2D eigenvalue weighted by Crippen LogP contribution is -2.38. The molecule has 1 amide bonds. The summed E-state index contributed by atoms with van der Waals surface area (Å²) in [4.78, 5) is 13.0. The van der Waals surface area contributed by atoms with E-state index in [1.165, 1.54) is 47.9 Å². The van der Waals surface area contributed by atoms with Crippen molar-refractivity contribution in [1.82, 2.24) is 5.32 Å². The molecule has 0 aliphatic heterocycles. The Hall–Kier alpha value is -2.29. The first-order valence-corrected chi connectivity index (χ1v) is 13.9. The maximum absolute atomic E-state index is 13.0. The smallest absolute Gasteiger partial charge is 0.407 e. The summed E-state index contributed by atoms with van der Waals surface area (Å²) in [5.41, 5.74) is 5.02. The minimum Gasteiger partial charge on any atom is -0.449 e. The van der Waals surface area contributed by atoms with Crippen LogP contribution in [0, 0.1) is 23.7 Å². The van der Waals surface area contributed by atoms with E-state index in [4.69, 9.17) is 4.74 Å². The van der Waals surface area contributed by atoms with Crippen LogP contribution in [0.3, 0.4) is 0 Å². The second kappa shape index (κ2) is 13.1. The molecule has 0 bridgehead atoms. The molecule has 0 fully saturated rings. The third kappa shape index (κ3) is 7.85.